The van der Waals surface area contributed by atoms with Crippen LogP contribution >= 0.6 is 0 Å². The van der Waals surface area contributed by atoms with Crippen LogP contribution in [0.25, 0.3) is 0 Å². The van der Waals surface area contributed by atoms with Gasteiger partial charge in [0.05, 0.1) is 12.8 Å². The zero-order chi connectivity index (χ0) is 22.4. The van der Waals surface area contributed by atoms with Gasteiger partial charge in [0.15, 0.2) is 5.96 Å². The van der Waals surface area contributed by atoms with E-state index in [1.54, 1.807) is 13.3 Å². The second-order valence-electron chi connectivity index (χ2n) is 8.36. The van der Waals surface area contributed by atoms with Crippen LogP contribution in [0.3, 0.4) is 0 Å². The van der Waals surface area contributed by atoms with Crippen LogP contribution in [0.15, 0.2) is 52.1 Å². The van der Waals surface area contributed by atoms with Gasteiger partial charge in [-0.1, -0.05) is 24.3 Å². The van der Waals surface area contributed by atoms with Crippen molar-refractivity contribution >= 4 is 5.96 Å². The smallest absolute Gasteiger partial charge is 0.191 e. The highest BCUT2D eigenvalue weighted by atomic mass is 16.5. The van der Waals surface area contributed by atoms with Crippen LogP contribution in [0.2, 0.25) is 0 Å². The van der Waals surface area contributed by atoms with Gasteiger partial charge in [-0.05, 0) is 55.5 Å². The monoisotopic (exact) mass is 442 g/mol. The number of hydrogen-bond acceptors (Lipinski definition) is 5. The second-order valence-corrected chi connectivity index (χ2v) is 8.36. The summed E-state index contributed by atoms with van der Waals surface area (Å²) in [5, 5.41) is 6.82. The van der Waals surface area contributed by atoms with Gasteiger partial charge in [-0.25, -0.2) is 0 Å². The van der Waals surface area contributed by atoms with Crippen molar-refractivity contribution in [2.75, 3.05) is 47.1 Å². The highest BCUT2D eigenvalue weighted by Crippen LogP contribution is 2.15. The molecule has 0 saturated carbocycles. The molecule has 32 heavy (non-hydrogen) atoms. The molecule has 1 aliphatic heterocycles. The fraction of sp³-hybridized carbons (Fsp3) is 0.560. The summed E-state index contributed by atoms with van der Waals surface area (Å²) < 4.78 is 16.7. The maximum Gasteiger partial charge on any atom is 0.191 e. The summed E-state index contributed by atoms with van der Waals surface area (Å²) >= 11 is 0. The molecule has 1 aliphatic rings. The fourth-order valence-electron chi connectivity index (χ4n) is 3.84. The Hall–Kier alpha value is -2.35. The lowest BCUT2D eigenvalue weighted by atomic mass is 10.0. The van der Waals surface area contributed by atoms with E-state index >= 15 is 0 Å². The molecule has 1 aromatic heterocycles. The van der Waals surface area contributed by atoms with Crippen molar-refractivity contribution in [1.29, 1.82) is 0 Å². The van der Waals surface area contributed by atoms with Crippen LogP contribution in [0.1, 0.15) is 36.1 Å². The Kier molecular flexibility index (Phi) is 10.6. The van der Waals surface area contributed by atoms with Crippen LogP contribution in [0.5, 0.6) is 0 Å². The number of furan rings is 1. The molecule has 1 fully saturated rings. The first-order chi connectivity index (χ1) is 15.7. The van der Waals surface area contributed by atoms with Gasteiger partial charge in [-0.2, -0.15) is 0 Å². The van der Waals surface area contributed by atoms with Gasteiger partial charge in [0, 0.05) is 53.1 Å². The number of rotatable bonds is 12. The number of guanidine groups is 1. The molecule has 0 aliphatic carbocycles. The average Bonchev–Trinajstić information content (AvgIpc) is 3.32. The number of aliphatic imine (C=N–C) groups is 1. The molecular weight excluding hydrogens is 404 g/mol. The molecule has 0 amide bonds. The topological polar surface area (TPSA) is 71.3 Å². The average molecular weight is 443 g/mol. The zero-order valence-corrected chi connectivity index (χ0v) is 19.5. The lowest BCUT2D eigenvalue weighted by molar-refractivity contribution is 0.0203. The van der Waals surface area contributed by atoms with Crippen LogP contribution in [0, 0.1) is 5.92 Å². The first kappa shape index (κ1) is 24.3. The Balaban J connectivity index is 1.35. The van der Waals surface area contributed by atoms with E-state index in [0.29, 0.717) is 5.92 Å². The van der Waals surface area contributed by atoms with E-state index in [-0.39, 0.29) is 0 Å². The molecule has 0 atom stereocenters. The summed E-state index contributed by atoms with van der Waals surface area (Å²) in [6.07, 6.45) is 4.92. The minimum Gasteiger partial charge on any atom is -0.468 e. The van der Waals surface area contributed by atoms with Gasteiger partial charge in [0.1, 0.15) is 5.76 Å². The summed E-state index contributed by atoms with van der Waals surface area (Å²) in [6.45, 7) is 6.57. The van der Waals surface area contributed by atoms with E-state index in [1.165, 1.54) is 11.1 Å². The van der Waals surface area contributed by atoms with E-state index in [4.69, 9.17) is 13.9 Å². The summed E-state index contributed by atoms with van der Waals surface area (Å²) in [4.78, 5) is 6.61. The van der Waals surface area contributed by atoms with Crippen LogP contribution in [0.4, 0.5) is 0 Å². The summed E-state index contributed by atoms with van der Waals surface area (Å²) in [6, 6.07) is 12.5. The molecule has 7 nitrogen and oxygen atoms in total. The lowest BCUT2D eigenvalue weighted by Crippen LogP contribution is -2.37. The Morgan fingerprint density at radius 3 is 2.66 bits per heavy atom. The van der Waals surface area contributed by atoms with E-state index < -0.39 is 0 Å². The molecule has 1 saturated heterocycles. The largest absolute Gasteiger partial charge is 0.468 e. The van der Waals surface area contributed by atoms with E-state index in [2.05, 4.69) is 51.8 Å². The predicted octanol–water partition coefficient (Wildman–Crippen LogP) is 3.41. The minimum absolute atomic E-state index is 0.657. The van der Waals surface area contributed by atoms with Crippen molar-refractivity contribution < 1.29 is 13.9 Å². The van der Waals surface area contributed by atoms with Gasteiger partial charge in [0.2, 0.25) is 0 Å². The summed E-state index contributed by atoms with van der Waals surface area (Å²) in [5.41, 5.74) is 2.56. The Morgan fingerprint density at radius 1 is 1.09 bits per heavy atom. The fourth-order valence-corrected chi connectivity index (χ4v) is 3.84. The quantitative estimate of drug-likeness (QED) is 0.298. The van der Waals surface area contributed by atoms with Crippen LogP contribution in [-0.4, -0.2) is 57.9 Å². The van der Waals surface area contributed by atoms with E-state index in [0.717, 1.165) is 83.6 Å². The predicted molar refractivity (Wildman–Crippen MR) is 128 cm³/mol. The van der Waals surface area contributed by atoms with E-state index in [1.807, 2.05) is 12.1 Å². The number of nitrogens with zero attached hydrogens (tertiary/aromatic N) is 2. The molecule has 0 unspecified atom stereocenters. The highest BCUT2D eigenvalue weighted by Gasteiger charge is 2.13. The maximum absolute atomic E-state index is 5.84. The van der Waals surface area contributed by atoms with Gasteiger partial charge in [0.25, 0.3) is 0 Å². The molecule has 2 aromatic rings. The summed E-state index contributed by atoms with van der Waals surface area (Å²) in [7, 11) is 3.91. The number of benzene rings is 1. The van der Waals surface area contributed by atoms with Gasteiger partial charge in [-0.15, -0.1) is 0 Å². The molecule has 0 bridgehead atoms. The molecular formula is C25H38N4O3. The molecule has 176 valence electrons. The maximum atomic E-state index is 5.84. The van der Waals surface area contributed by atoms with Crippen molar-refractivity contribution in [1.82, 2.24) is 15.5 Å². The number of hydrogen-bond donors (Lipinski definition) is 2. The Labute approximate surface area is 192 Å². The van der Waals surface area contributed by atoms with Crippen molar-refractivity contribution in [3.8, 4) is 0 Å². The highest BCUT2D eigenvalue weighted by molar-refractivity contribution is 5.79. The Morgan fingerprint density at radius 2 is 1.91 bits per heavy atom. The van der Waals surface area contributed by atoms with Crippen molar-refractivity contribution in [2.45, 2.75) is 38.9 Å². The molecule has 1 aromatic carbocycles. The van der Waals surface area contributed by atoms with Crippen molar-refractivity contribution in [3.05, 3.63) is 59.5 Å². The minimum atomic E-state index is 0.657. The third kappa shape index (κ3) is 8.65. The summed E-state index contributed by atoms with van der Waals surface area (Å²) in [5.74, 6) is 2.45. The van der Waals surface area contributed by atoms with Crippen LogP contribution < -0.4 is 10.6 Å². The SMILES string of the molecule is CN=C(NCCCOCC1CCOCC1)NCc1ccccc1CN(C)Cc1ccco1. The molecule has 0 spiro atoms. The van der Waals surface area contributed by atoms with Crippen molar-refractivity contribution in [3.63, 3.8) is 0 Å². The first-order valence-electron chi connectivity index (χ1n) is 11.6. The standard InChI is InChI=1S/C25H38N4O3/c1-26-25(27-12-6-13-31-20-21-10-15-30-16-11-21)28-17-22-7-3-4-8-23(22)18-29(2)19-24-9-5-14-32-24/h3-5,7-9,14,21H,6,10-13,15-20H2,1-2H3,(H2,26,27,28). The van der Waals surface area contributed by atoms with E-state index in [9.17, 15) is 0 Å². The van der Waals surface area contributed by atoms with Crippen LogP contribution in [-0.2, 0) is 29.1 Å². The molecule has 7 heteroatoms. The zero-order valence-electron chi connectivity index (χ0n) is 19.5. The molecule has 2 heterocycles. The molecule has 2 N–H and O–H groups in total. The normalized spacial score (nSPS) is 15.3. The third-order valence-corrected chi connectivity index (χ3v) is 5.69. The van der Waals surface area contributed by atoms with Gasteiger partial charge in [-0.3, -0.25) is 9.89 Å². The third-order valence-electron chi connectivity index (χ3n) is 5.69. The second kappa shape index (κ2) is 13.9. The van der Waals surface area contributed by atoms with Crippen molar-refractivity contribution in [2.24, 2.45) is 10.9 Å². The van der Waals surface area contributed by atoms with Gasteiger partial charge >= 0.3 is 0 Å². The molecule has 0 radical (unpaired) electrons. The first-order valence-corrected chi connectivity index (χ1v) is 11.6. The Bertz CT molecular complexity index is 788. The number of ether oxygens (including phenoxy) is 2. The molecule has 3 rings (SSSR count). The van der Waals surface area contributed by atoms with Gasteiger partial charge < -0.3 is 24.5 Å². The number of nitrogens with one attached hydrogen (secondary N) is 2. The lowest BCUT2D eigenvalue weighted by Gasteiger charge is -2.21.